The number of hydrogen-bond donors (Lipinski definition) is 2. The van der Waals surface area contributed by atoms with Crippen LogP contribution in [0.1, 0.15) is 18.9 Å². The zero-order valence-corrected chi connectivity index (χ0v) is 14.4. The van der Waals surface area contributed by atoms with Gasteiger partial charge in [-0.1, -0.05) is 21.6 Å². The fourth-order valence-electron chi connectivity index (χ4n) is 2.30. The number of pyridine rings is 1. The summed E-state index contributed by atoms with van der Waals surface area (Å²) < 4.78 is 1.87. The van der Waals surface area contributed by atoms with E-state index >= 15 is 0 Å². The Bertz CT molecular complexity index is 771. The highest BCUT2D eigenvalue weighted by Crippen LogP contribution is 2.19. The molecule has 3 aromatic heterocycles. The molecule has 0 amide bonds. The predicted molar refractivity (Wildman–Crippen MR) is 97.2 cm³/mol. The molecule has 0 aliphatic carbocycles. The molecule has 3 heterocycles. The van der Waals surface area contributed by atoms with Gasteiger partial charge in [0.05, 0.1) is 6.20 Å². The molecule has 0 saturated carbocycles. The Kier molecular flexibility index (Phi) is 5.03. The van der Waals surface area contributed by atoms with Gasteiger partial charge in [-0.25, -0.2) is 4.98 Å². The number of nitrogens with zero attached hydrogens (tertiary/aromatic N) is 4. The van der Waals surface area contributed by atoms with Crippen molar-refractivity contribution in [1.29, 1.82) is 0 Å². The number of hydrogen-bond acceptors (Lipinski definition) is 5. The van der Waals surface area contributed by atoms with E-state index < -0.39 is 0 Å². The minimum Gasteiger partial charge on any atom is -0.370 e. The molecule has 7 heteroatoms. The Labute approximate surface area is 137 Å². The van der Waals surface area contributed by atoms with Gasteiger partial charge < -0.3 is 10.6 Å². The molecular weight excluding hydrogens is 307 g/mol. The lowest BCUT2D eigenvalue weighted by Gasteiger charge is -2.12. The quantitative estimate of drug-likeness (QED) is 0.652. The molecule has 1 unspecified atom stereocenters. The molecule has 1 atom stereocenters. The van der Waals surface area contributed by atoms with Crippen molar-refractivity contribution in [2.24, 2.45) is 0 Å². The number of fused-ring (bicyclic) bond motifs is 1. The lowest BCUT2D eigenvalue weighted by atomic mass is 10.3. The summed E-state index contributed by atoms with van der Waals surface area (Å²) in [5.74, 6) is 1.81. The van der Waals surface area contributed by atoms with Gasteiger partial charge in [-0.3, -0.25) is 4.98 Å². The number of nitrogens with one attached hydrogen (secondary N) is 2. The summed E-state index contributed by atoms with van der Waals surface area (Å²) in [4.78, 5) is 8.85. The van der Waals surface area contributed by atoms with Crippen molar-refractivity contribution in [2.75, 3.05) is 23.8 Å². The Morgan fingerprint density at radius 3 is 2.91 bits per heavy atom. The van der Waals surface area contributed by atoms with E-state index in [1.165, 1.54) is 5.30 Å². The second-order valence-electron chi connectivity index (χ2n) is 5.21. The highest BCUT2D eigenvalue weighted by molar-refractivity contribution is 7.46. The summed E-state index contributed by atoms with van der Waals surface area (Å²) in [6, 6.07) is 6.00. The van der Waals surface area contributed by atoms with Crippen LogP contribution in [0.2, 0.25) is 0 Å². The van der Waals surface area contributed by atoms with E-state index in [0.29, 0.717) is 15.1 Å². The van der Waals surface area contributed by atoms with Crippen LogP contribution in [0.15, 0.2) is 36.8 Å². The maximum Gasteiger partial charge on any atom is 0.167 e. The van der Waals surface area contributed by atoms with Crippen LogP contribution in [0.4, 0.5) is 11.6 Å². The summed E-state index contributed by atoms with van der Waals surface area (Å²) in [7, 11) is 0.667. The molecule has 0 aliphatic rings. The first-order chi connectivity index (χ1) is 11.3. The van der Waals surface area contributed by atoms with Crippen molar-refractivity contribution in [3.8, 4) is 0 Å². The van der Waals surface area contributed by atoms with Gasteiger partial charge in [0.2, 0.25) is 0 Å². The van der Waals surface area contributed by atoms with Crippen molar-refractivity contribution in [1.82, 2.24) is 19.6 Å². The minimum atomic E-state index is 0.667. The topological polar surface area (TPSA) is 67.1 Å². The molecule has 0 aliphatic heterocycles. The van der Waals surface area contributed by atoms with E-state index in [9.17, 15) is 0 Å². The summed E-state index contributed by atoms with van der Waals surface area (Å²) >= 11 is 0. The smallest absolute Gasteiger partial charge is 0.167 e. The molecule has 3 rings (SSSR count). The van der Waals surface area contributed by atoms with Crippen molar-refractivity contribution in [2.45, 2.75) is 19.9 Å². The third-order valence-corrected chi connectivity index (χ3v) is 4.39. The summed E-state index contributed by atoms with van der Waals surface area (Å²) in [6.45, 7) is 5.89. The molecule has 23 heavy (non-hydrogen) atoms. The van der Waals surface area contributed by atoms with Crippen molar-refractivity contribution >= 4 is 31.2 Å². The molecular formula is C16H21N6P. The molecule has 0 spiro atoms. The van der Waals surface area contributed by atoms with E-state index in [1.807, 2.05) is 29.0 Å². The van der Waals surface area contributed by atoms with E-state index in [0.717, 1.165) is 35.8 Å². The van der Waals surface area contributed by atoms with Crippen LogP contribution in [-0.4, -0.2) is 32.8 Å². The summed E-state index contributed by atoms with van der Waals surface area (Å²) in [5, 5.41) is 12.5. The lowest BCUT2D eigenvalue weighted by molar-refractivity contribution is 0.916. The fraction of sp³-hybridized carbons (Fsp3) is 0.312. The zero-order valence-electron chi connectivity index (χ0n) is 13.4. The Morgan fingerprint density at radius 1 is 1.26 bits per heavy atom. The second kappa shape index (κ2) is 7.38. The lowest BCUT2D eigenvalue weighted by Crippen LogP contribution is -2.10. The average molecular weight is 328 g/mol. The number of rotatable bonds is 7. The van der Waals surface area contributed by atoms with Crippen LogP contribution in [0.25, 0.3) is 5.65 Å². The van der Waals surface area contributed by atoms with Gasteiger partial charge in [-0.05, 0) is 24.7 Å². The van der Waals surface area contributed by atoms with E-state index in [4.69, 9.17) is 4.98 Å². The van der Waals surface area contributed by atoms with Crippen LogP contribution in [-0.2, 0) is 6.54 Å². The standard InChI is InChI=1S/C16H21N6P/c1-3-6-18-14-8-15(19-10-12-5-4-7-17-9-12)22-16(21-14)13(23-2)11-20-22/h4-5,7-9,11,19,23H,3,6,10H2,1-2H3,(H,18,21). The van der Waals surface area contributed by atoms with Gasteiger partial charge in [0.1, 0.15) is 11.6 Å². The third-order valence-electron chi connectivity index (χ3n) is 3.49. The van der Waals surface area contributed by atoms with Gasteiger partial charge >= 0.3 is 0 Å². The molecule has 120 valence electrons. The van der Waals surface area contributed by atoms with E-state index in [1.54, 1.807) is 6.20 Å². The fourth-order valence-corrected chi connectivity index (χ4v) is 2.88. The SMILES string of the molecule is CCCNc1cc(NCc2cccnc2)n2ncc(PC)c2n1. The van der Waals surface area contributed by atoms with Crippen LogP contribution < -0.4 is 15.9 Å². The third kappa shape index (κ3) is 3.59. The monoisotopic (exact) mass is 328 g/mol. The Hall–Kier alpha value is -2.20. The van der Waals surface area contributed by atoms with Crippen molar-refractivity contribution < 1.29 is 0 Å². The highest BCUT2D eigenvalue weighted by atomic mass is 31.1. The van der Waals surface area contributed by atoms with Gasteiger partial charge in [0.25, 0.3) is 0 Å². The molecule has 3 aromatic rings. The van der Waals surface area contributed by atoms with Crippen LogP contribution in [0, 0.1) is 0 Å². The van der Waals surface area contributed by atoms with E-state index in [-0.39, 0.29) is 0 Å². The maximum atomic E-state index is 4.70. The van der Waals surface area contributed by atoms with Gasteiger partial charge in [-0.2, -0.15) is 9.61 Å². The maximum absolute atomic E-state index is 4.70. The van der Waals surface area contributed by atoms with Crippen LogP contribution in [0.3, 0.4) is 0 Å². The molecule has 0 aromatic carbocycles. The average Bonchev–Trinajstić information content (AvgIpc) is 3.02. The molecule has 0 radical (unpaired) electrons. The minimum absolute atomic E-state index is 0.667. The van der Waals surface area contributed by atoms with Gasteiger partial charge in [0.15, 0.2) is 5.65 Å². The largest absolute Gasteiger partial charge is 0.370 e. The second-order valence-corrected chi connectivity index (χ2v) is 6.25. The molecule has 2 N–H and O–H groups in total. The number of aromatic nitrogens is 4. The van der Waals surface area contributed by atoms with Gasteiger partial charge in [-0.15, -0.1) is 0 Å². The molecule has 0 fully saturated rings. The Morgan fingerprint density at radius 2 is 2.17 bits per heavy atom. The Balaban J connectivity index is 1.91. The predicted octanol–water partition coefficient (Wildman–Crippen LogP) is 2.49. The summed E-state index contributed by atoms with van der Waals surface area (Å²) in [5.41, 5.74) is 2.05. The van der Waals surface area contributed by atoms with Gasteiger partial charge in [0, 0.05) is 36.9 Å². The van der Waals surface area contributed by atoms with Crippen molar-refractivity contribution in [3.63, 3.8) is 0 Å². The first-order valence-corrected chi connectivity index (χ1v) is 9.25. The number of anilines is 2. The van der Waals surface area contributed by atoms with Crippen molar-refractivity contribution in [3.05, 3.63) is 42.4 Å². The normalized spacial score (nSPS) is 11.4. The highest BCUT2D eigenvalue weighted by Gasteiger charge is 2.10. The molecule has 6 nitrogen and oxygen atoms in total. The first-order valence-electron chi connectivity index (χ1n) is 7.75. The first kappa shape index (κ1) is 15.7. The summed E-state index contributed by atoms with van der Waals surface area (Å²) in [6.07, 6.45) is 6.61. The van der Waals surface area contributed by atoms with Crippen LogP contribution in [0.5, 0.6) is 0 Å². The van der Waals surface area contributed by atoms with Crippen LogP contribution >= 0.6 is 8.58 Å². The van der Waals surface area contributed by atoms with E-state index in [2.05, 4.69) is 40.4 Å². The molecule has 0 bridgehead atoms. The molecule has 0 saturated heterocycles. The zero-order chi connectivity index (χ0) is 16.1.